The number of esters is 1. The average Bonchev–Trinajstić information content (AvgIpc) is 4.05. The molecule has 62 heavy (non-hydrogen) atoms. The summed E-state index contributed by atoms with van der Waals surface area (Å²) in [6.07, 6.45) is 2.70. The maximum absolute atomic E-state index is 13.2. The van der Waals surface area contributed by atoms with Crippen LogP contribution in [0.25, 0.3) is 21.8 Å². The summed E-state index contributed by atoms with van der Waals surface area (Å²) in [5, 5.41) is 35.8. The smallest absolute Gasteiger partial charge is 0.407 e. The van der Waals surface area contributed by atoms with Gasteiger partial charge in [-0.15, -0.1) is 22.7 Å². The number of aromatic nitrogens is 4. The van der Waals surface area contributed by atoms with Crippen LogP contribution in [0.15, 0.2) is 60.9 Å². The van der Waals surface area contributed by atoms with Crippen molar-refractivity contribution in [2.45, 2.75) is 85.0 Å². The molecule has 0 radical (unpaired) electrons. The normalized spacial score (nSPS) is 11.8. The largest absolute Gasteiger partial charge is 0.477 e. The van der Waals surface area contributed by atoms with Crippen molar-refractivity contribution in [1.82, 2.24) is 41.7 Å². The second kappa shape index (κ2) is 20.3. The number of amides is 4. The lowest BCUT2D eigenvalue weighted by Crippen LogP contribution is -2.49. The Morgan fingerprint density at radius 1 is 0.726 bits per heavy atom. The number of nitrogens with one attached hydrogen (secondary N) is 6. The monoisotopic (exact) mass is 886 g/mol. The topological polar surface area (TPSA) is 247 Å². The molecule has 2 aromatic carbocycles. The minimum absolute atomic E-state index is 0.0496. The fourth-order valence-corrected chi connectivity index (χ4v) is 8.39. The lowest BCUT2D eigenvalue weighted by Gasteiger charge is -2.21. The number of carboxylic acid groups (broad SMARTS) is 1. The number of fused-ring (bicyclic) bond motifs is 2. The number of hydrogen-bond acceptors (Lipinski definition) is 12. The summed E-state index contributed by atoms with van der Waals surface area (Å²) in [6.45, 7) is 13.2. The summed E-state index contributed by atoms with van der Waals surface area (Å²) in [5.74, 6) is -2.89. The van der Waals surface area contributed by atoms with Gasteiger partial charge in [0.15, 0.2) is 0 Å². The molecule has 7 N–H and O–H groups in total. The number of ether oxygens (including phenoxy) is 2. The number of alkyl carbamates (subject to hydrolysis) is 1. The van der Waals surface area contributed by atoms with Crippen LogP contribution in [0.4, 0.5) is 4.79 Å². The fraction of sp³-hybridized carbons (Fsp3) is 0.349. The summed E-state index contributed by atoms with van der Waals surface area (Å²) in [4.78, 5) is 75.5. The highest BCUT2D eigenvalue weighted by Crippen LogP contribution is 2.30. The van der Waals surface area contributed by atoms with Gasteiger partial charge in [-0.3, -0.25) is 24.6 Å². The van der Waals surface area contributed by atoms with E-state index in [0.29, 0.717) is 32.3 Å². The third kappa shape index (κ3) is 11.8. The Bertz CT molecular complexity index is 2580. The molecule has 0 unspecified atom stereocenters. The number of carbonyl (C=O) groups is 6. The molecule has 4 aromatic heterocycles. The molecule has 6 aromatic rings. The summed E-state index contributed by atoms with van der Waals surface area (Å²) < 4.78 is 9.97. The van der Waals surface area contributed by atoms with Crippen molar-refractivity contribution in [2.75, 3.05) is 13.7 Å². The van der Waals surface area contributed by atoms with Crippen LogP contribution < -0.4 is 21.3 Å². The van der Waals surface area contributed by atoms with Crippen molar-refractivity contribution in [3.63, 3.8) is 0 Å². The van der Waals surface area contributed by atoms with Crippen LogP contribution >= 0.6 is 22.7 Å². The number of methoxy groups -OCH3 is 1. The second-order valence-corrected chi connectivity index (χ2v) is 17.8. The van der Waals surface area contributed by atoms with Crippen LogP contribution in [0.5, 0.6) is 0 Å². The number of carbonyl (C=O) groups excluding carboxylic acids is 5. The van der Waals surface area contributed by atoms with E-state index in [1.165, 1.54) is 7.11 Å². The van der Waals surface area contributed by atoms with Crippen molar-refractivity contribution in [1.29, 1.82) is 0 Å². The molecule has 328 valence electrons. The van der Waals surface area contributed by atoms with Gasteiger partial charge in [-0.05, 0) is 79.1 Å². The van der Waals surface area contributed by atoms with E-state index >= 15 is 0 Å². The molecule has 19 heteroatoms. The molecule has 0 bridgehead atoms. The van der Waals surface area contributed by atoms with Gasteiger partial charge in [0.05, 0.1) is 51.7 Å². The molecule has 4 amide bonds. The molecule has 0 fully saturated rings. The molecule has 1 atom stereocenters. The van der Waals surface area contributed by atoms with Gasteiger partial charge in [-0.1, -0.05) is 52.0 Å². The number of nitrogens with zero attached hydrogens (tertiary/aromatic N) is 2. The number of thiophene rings is 2. The number of rotatable bonds is 14. The van der Waals surface area contributed by atoms with Crippen molar-refractivity contribution >= 4 is 80.2 Å². The first-order valence-electron chi connectivity index (χ1n) is 19.6. The Hall–Kier alpha value is -6.60. The number of aromatic amines is 2. The number of aromatic carboxylic acids is 1. The highest BCUT2D eigenvalue weighted by molar-refractivity contribution is 7.16. The van der Waals surface area contributed by atoms with Gasteiger partial charge in [-0.2, -0.15) is 10.2 Å². The highest BCUT2D eigenvalue weighted by Gasteiger charge is 2.28. The van der Waals surface area contributed by atoms with Gasteiger partial charge in [-0.25, -0.2) is 14.4 Å². The van der Waals surface area contributed by atoms with E-state index in [-0.39, 0.29) is 41.6 Å². The maximum atomic E-state index is 13.2. The molecule has 17 nitrogen and oxygen atoms in total. The Labute approximate surface area is 365 Å². The Morgan fingerprint density at radius 2 is 1.21 bits per heavy atom. The molecule has 0 aliphatic carbocycles. The van der Waals surface area contributed by atoms with Gasteiger partial charge < -0.3 is 35.8 Å². The minimum atomic E-state index is -1.16. The molecule has 0 aliphatic heterocycles. The van der Waals surface area contributed by atoms with Crippen LogP contribution in [0.1, 0.15) is 121 Å². The summed E-state index contributed by atoms with van der Waals surface area (Å²) >= 11 is 2.05. The molecular weight excluding hydrogens is 837 g/mol. The SMILES string of the molecule is CC(C)c1cc(C(=O)NCc2cccc3[nH]ncc23)sc1C(=O)O.COC(=O)[C@H](CNC(=O)OC(C)(C)C)NC(=O)c1sc(C(=O)NCc2cccc3[nH]ncc23)cc1C(C)C. The standard InChI is InChI=1S/C26H33N5O6S.C17H17N3O3S/c1-14(2)16-10-20(22(32)27-11-15-8-7-9-18-17(15)12-29-31-18)38-21(16)23(33)30-19(24(34)36-6)13-28-25(35)37-26(3,4)5;1-9(2)11-6-14(24-15(11)17(22)23)16(21)18-7-10-4-3-5-13-12(10)8-19-20-13/h7-10,12,14,19H,11,13H2,1-6H3,(H,27,32)(H,28,35)(H,29,31)(H,30,33);3-6,8-9H,7H2,1-2H3,(H,18,21)(H,19,20)(H,22,23)/t19-;/m0./s1. The molecule has 0 saturated heterocycles. The zero-order valence-electron chi connectivity index (χ0n) is 35.6. The number of benzene rings is 2. The maximum Gasteiger partial charge on any atom is 0.407 e. The lowest BCUT2D eigenvalue weighted by molar-refractivity contribution is -0.142. The molecule has 4 heterocycles. The van der Waals surface area contributed by atoms with Gasteiger partial charge in [0.2, 0.25) is 0 Å². The van der Waals surface area contributed by atoms with E-state index < -0.39 is 35.6 Å². The first-order chi connectivity index (χ1) is 29.4. The summed E-state index contributed by atoms with van der Waals surface area (Å²) in [7, 11) is 1.19. The molecule has 6 rings (SSSR count). The quantitative estimate of drug-likeness (QED) is 0.0558. The predicted molar refractivity (Wildman–Crippen MR) is 236 cm³/mol. The van der Waals surface area contributed by atoms with Crippen molar-refractivity contribution in [3.8, 4) is 0 Å². The summed E-state index contributed by atoms with van der Waals surface area (Å²) in [6, 6.07) is 13.6. The van der Waals surface area contributed by atoms with E-state index in [0.717, 1.165) is 55.6 Å². The van der Waals surface area contributed by atoms with Crippen LogP contribution in [0.2, 0.25) is 0 Å². The van der Waals surface area contributed by atoms with Gasteiger partial charge >= 0.3 is 18.0 Å². The van der Waals surface area contributed by atoms with Crippen LogP contribution in [-0.4, -0.2) is 86.6 Å². The van der Waals surface area contributed by atoms with E-state index in [4.69, 9.17) is 9.47 Å². The predicted octanol–water partition coefficient (Wildman–Crippen LogP) is 6.85. The number of carboxylic acids is 1. The Morgan fingerprint density at radius 3 is 1.65 bits per heavy atom. The van der Waals surface area contributed by atoms with Crippen molar-refractivity contribution in [3.05, 3.63) is 103 Å². The first kappa shape index (κ1) is 46.5. The third-order valence-corrected chi connectivity index (χ3v) is 11.6. The van der Waals surface area contributed by atoms with Crippen molar-refractivity contribution in [2.24, 2.45) is 0 Å². The zero-order chi connectivity index (χ0) is 45.3. The summed E-state index contributed by atoms with van der Waals surface area (Å²) in [5.41, 5.74) is 4.27. The van der Waals surface area contributed by atoms with Gasteiger partial charge in [0.1, 0.15) is 16.5 Å². The fourth-order valence-electron chi connectivity index (χ4n) is 6.19. The highest BCUT2D eigenvalue weighted by atomic mass is 32.1. The Kier molecular flexibility index (Phi) is 15.2. The Balaban J connectivity index is 0.000000259. The van der Waals surface area contributed by atoms with Crippen LogP contribution in [0, 0.1) is 0 Å². The molecular formula is C43H50N8O9S2. The minimum Gasteiger partial charge on any atom is -0.477 e. The van der Waals surface area contributed by atoms with Gasteiger partial charge in [0, 0.05) is 23.9 Å². The van der Waals surface area contributed by atoms with E-state index in [1.807, 2.05) is 64.1 Å². The second-order valence-electron chi connectivity index (χ2n) is 15.7. The molecule has 0 spiro atoms. The lowest BCUT2D eigenvalue weighted by atomic mass is 10.0. The average molecular weight is 887 g/mol. The molecule has 0 saturated carbocycles. The van der Waals surface area contributed by atoms with Crippen LogP contribution in [-0.2, 0) is 27.4 Å². The van der Waals surface area contributed by atoms with Crippen LogP contribution in [0.3, 0.4) is 0 Å². The van der Waals surface area contributed by atoms with E-state index in [9.17, 15) is 33.9 Å². The van der Waals surface area contributed by atoms with Gasteiger partial charge in [0.25, 0.3) is 17.7 Å². The number of hydrogen-bond donors (Lipinski definition) is 7. The third-order valence-electron chi connectivity index (χ3n) is 9.28. The van der Waals surface area contributed by atoms with E-state index in [1.54, 1.807) is 45.3 Å². The first-order valence-corrected chi connectivity index (χ1v) is 21.2. The van der Waals surface area contributed by atoms with Crippen molar-refractivity contribution < 1.29 is 43.3 Å². The zero-order valence-corrected chi connectivity index (χ0v) is 37.2. The van der Waals surface area contributed by atoms with E-state index in [2.05, 4.69) is 41.7 Å². The molecule has 0 aliphatic rings. The number of H-pyrrole nitrogens is 2.